The van der Waals surface area contributed by atoms with Crippen molar-refractivity contribution >= 4 is 11.6 Å². The largest absolute Gasteiger partial charge is 0.310 e. The SMILES string of the molecule is Cc1c(CNC2CC2)cnn1Cc1ccccc1Cl. The Labute approximate surface area is 118 Å². The highest BCUT2D eigenvalue weighted by Gasteiger charge is 2.20. The molecule has 2 aromatic rings. The van der Waals surface area contributed by atoms with Gasteiger partial charge in [0.25, 0.3) is 0 Å². The maximum atomic E-state index is 6.19. The Hall–Kier alpha value is -1.32. The van der Waals surface area contributed by atoms with Crippen molar-refractivity contribution in [2.75, 3.05) is 0 Å². The first-order valence-electron chi connectivity index (χ1n) is 6.72. The number of nitrogens with one attached hydrogen (secondary N) is 1. The van der Waals surface area contributed by atoms with Crippen molar-refractivity contribution in [2.45, 2.75) is 38.9 Å². The number of nitrogens with zero attached hydrogens (tertiary/aromatic N) is 2. The van der Waals surface area contributed by atoms with Crippen molar-refractivity contribution in [1.82, 2.24) is 15.1 Å². The van der Waals surface area contributed by atoms with E-state index in [1.807, 2.05) is 35.1 Å². The maximum absolute atomic E-state index is 6.19. The van der Waals surface area contributed by atoms with Crippen molar-refractivity contribution in [1.29, 1.82) is 0 Å². The zero-order chi connectivity index (χ0) is 13.2. The molecule has 0 spiro atoms. The molecule has 1 aliphatic carbocycles. The van der Waals surface area contributed by atoms with Crippen LogP contribution in [0.25, 0.3) is 0 Å². The minimum Gasteiger partial charge on any atom is -0.310 e. The summed E-state index contributed by atoms with van der Waals surface area (Å²) in [6, 6.07) is 8.66. The molecule has 1 aromatic carbocycles. The molecule has 100 valence electrons. The van der Waals surface area contributed by atoms with E-state index >= 15 is 0 Å². The third-order valence-corrected chi connectivity index (χ3v) is 4.01. The molecule has 1 aromatic heterocycles. The van der Waals surface area contributed by atoms with Crippen LogP contribution in [0.3, 0.4) is 0 Å². The smallest absolute Gasteiger partial charge is 0.0677 e. The minimum absolute atomic E-state index is 0.728. The van der Waals surface area contributed by atoms with Crippen LogP contribution in [0.1, 0.15) is 29.7 Å². The maximum Gasteiger partial charge on any atom is 0.0677 e. The zero-order valence-electron chi connectivity index (χ0n) is 11.1. The Morgan fingerprint density at radius 1 is 1.32 bits per heavy atom. The number of hydrogen-bond acceptors (Lipinski definition) is 2. The van der Waals surface area contributed by atoms with E-state index in [1.165, 1.54) is 24.1 Å². The fourth-order valence-corrected chi connectivity index (χ4v) is 2.34. The van der Waals surface area contributed by atoms with Crippen molar-refractivity contribution < 1.29 is 0 Å². The number of hydrogen-bond donors (Lipinski definition) is 1. The fourth-order valence-electron chi connectivity index (χ4n) is 2.15. The van der Waals surface area contributed by atoms with E-state index < -0.39 is 0 Å². The Morgan fingerprint density at radius 2 is 2.11 bits per heavy atom. The van der Waals surface area contributed by atoms with Gasteiger partial charge in [0, 0.05) is 28.9 Å². The molecule has 0 aliphatic heterocycles. The van der Waals surface area contributed by atoms with Crippen LogP contribution >= 0.6 is 11.6 Å². The monoisotopic (exact) mass is 275 g/mol. The van der Waals surface area contributed by atoms with Crippen LogP contribution in [-0.2, 0) is 13.1 Å². The van der Waals surface area contributed by atoms with Crippen molar-refractivity contribution in [3.8, 4) is 0 Å². The van der Waals surface area contributed by atoms with Crippen LogP contribution in [0.5, 0.6) is 0 Å². The Balaban J connectivity index is 1.72. The molecule has 1 N–H and O–H groups in total. The van der Waals surface area contributed by atoms with Crippen molar-refractivity contribution in [3.05, 3.63) is 52.3 Å². The van der Waals surface area contributed by atoms with E-state index in [0.717, 1.165) is 29.7 Å². The third kappa shape index (κ3) is 2.99. The molecule has 1 aliphatic rings. The lowest BCUT2D eigenvalue weighted by Crippen LogP contribution is -2.16. The van der Waals surface area contributed by atoms with Gasteiger partial charge in [-0.25, -0.2) is 0 Å². The standard InChI is InChI=1S/C15H18ClN3/c1-11-13(8-17-14-6-7-14)9-18-19(11)10-12-4-2-3-5-15(12)16/h2-5,9,14,17H,6-8,10H2,1H3. The van der Waals surface area contributed by atoms with Gasteiger partial charge >= 0.3 is 0 Å². The molecule has 0 atom stereocenters. The third-order valence-electron chi connectivity index (χ3n) is 3.64. The van der Waals surface area contributed by atoms with Gasteiger partial charge in [0.2, 0.25) is 0 Å². The Bertz CT molecular complexity index is 573. The average Bonchev–Trinajstić information content (AvgIpc) is 3.17. The van der Waals surface area contributed by atoms with Gasteiger partial charge in [-0.1, -0.05) is 29.8 Å². The van der Waals surface area contributed by atoms with Crippen LogP contribution in [0.15, 0.2) is 30.5 Å². The highest BCUT2D eigenvalue weighted by atomic mass is 35.5. The first-order chi connectivity index (χ1) is 9.24. The predicted octanol–water partition coefficient (Wildman–Crippen LogP) is 3.15. The first-order valence-corrected chi connectivity index (χ1v) is 7.10. The molecule has 3 nitrogen and oxygen atoms in total. The molecule has 0 unspecified atom stereocenters. The van der Waals surface area contributed by atoms with Crippen LogP contribution in [0.4, 0.5) is 0 Å². The van der Waals surface area contributed by atoms with E-state index in [4.69, 9.17) is 11.6 Å². The van der Waals surface area contributed by atoms with E-state index in [0.29, 0.717) is 0 Å². The Kier molecular flexibility index (Phi) is 3.58. The van der Waals surface area contributed by atoms with Gasteiger partial charge in [-0.3, -0.25) is 4.68 Å². The molecule has 1 saturated carbocycles. The van der Waals surface area contributed by atoms with Crippen LogP contribution in [0.2, 0.25) is 5.02 Å². The Morgan fingerprint density at radius 3 is 2.84 bits per heavy atom. The lowest BCUT2D eigenvalue weighted by atomic mass is 10.2. The van der Waals surface area contributed by atoms with Gasteiger partial charge in [0.05, 0.1) is 12.7 Å². The van der Waals surface area contributed by atoms with Crippen molar-refractivity contribution in [2.24, 2.45) is 0 Å². The highest BCUT2D eigenvalue weighted by Crippen LogP contribution is 2.21. The molecular weight excluding hydrogens is 258 g/mol. The van der Waals surface area contributed by atoms with Crippen molar-refractivity contribution in [3.63, 3.8) is 0 Å². The second-order valence-corrected chi connectivity index (χ2v) is 5.57. The van der Waals surface area contributed by atoms with Gasteiger partial charge < -0.3 is 5.32 Å². The number of rotatable bonds is 5. The summed E-state index contributed by atoms with van der Waals surface area (Å²) in [5.74, 6) is 0. The summed E-state index contributed by atoms with van der Waals surface area (Å²) in [5, 5.41) is 8.79. The highest BCUT2D eigenvalue weighted by molar-refractivity contribution is 6.31. The average molecular weight is 276 g/mol. The zero-order valence-corrected chi connectivity index (χ0v) is 11.8. The molecule has 4 heteroatoms. The number of aromatic nitrogens is 2. The van der Waals surface area contributed by atoms with Gasteiger partial charge in [-0.15, -0.1) is 0 Å². The van der Waals surface area contributed by atoms with Crippen LogP contribution in [0, 0.1) is 6.92 Å². The molecule has 0 amide bonds. The molecular formula is C15H18ClN3. The van der Waals surface area contributed by atoms with E-state index in [-0.39, 0.29) is 0 Å². The topological polar surface area (TPSA) is 29.9 Å². The lowest BCUT2D eigenvalue weighted by molar-refractivity contribution is 0.654. The predicted molar refractivity (Wildman–Crippen MR) is 77.4 cm³/mol. The summed E-state index contributed by atoms with van der Waals surface area (Å²) in [6.07, 6.45) is 4.58. The summed E-state index contributed by atoms with van der Waals surface area (Å²) in [6.45, 7) is 3.77. The van der Waals surface area contributed by atoms with Crippen LogP contribution in [-0.4, -0.2) is 15.8 Å². The second kappa shape index (κ2) is 5.35. The van der Waals surface area contributed by atoms with E-state index in [9.17, 15) is 0 Å². The van der Waals surface area contributed by atoms with E-state index in [2.05, 4.69) is 17.3 Å². The number of halogens is 1. The molecule has 1 fully saturated rings. The molecule has 3 rings (SSSR count). The minimum atomic E-state index is 0.728. The van der Waals surface area contributed by atoms with E-state index in [1.54, 1.807) is 0 Å². The fraction of sp³-hybridized carbons (Fsp3) is 0.400. The molecule has 0 bridgehead atoms. The normalized spacial score (nSPS) is 14.8. The van der Waals surface area contributed by atoms with Gasteiger partial charge in [-0.05, 0) is 31.4 Å². The lowest BCUT2D eigenvalue weighted by Gasteiger charge is -2.08. The van der Waals surface area contributed by atoms with Gasteiger partial charge in [0.1, 0.15) is 0 Å². The molecule has 0 saturated heterocycles. The first kappa shape index (κ1) is 12.7. The molecule has 1 heterocycles. The summed E-state index contributed by atoms with van der Waals surface area (Å²) in [7, 11) is 0. The number of benzene rings is 1. The second-order valence-electron chi connectivity index (χ2n) is 5.16. The summed E-state index contributed by atoms with van der Waals surface area (Å²) in [4.78, 5) is 0. The molecule has 0 radical (unpaired) electrons. The summed E-state index contributed by atoms with van der Waals surface area (Å²) in [5.41, 5.74) is 3.60. The van der Waals surface area contributed by atoms with Crippen LogP contribution < -0.4 is 5.32 Å². The summed E-state index contributed by atoms with van der Waals surface area (Å²) >= 11 is 6.19. The molecule has 19 heavy (non-hydrogen) atoms. The van der Waals surface area contributed by atoms with Gasteiger partial charge in [0.15, 0.2) is 0 Å². The quantitative estimate of drug-likeness (QED) is 0.908. The van der Waals surface area contributed by atoms with Gasteiger partial charge in [-0.2, -0.15) is 5.10 Å². The summed E-state index contributed by atoms with van der Waals surface area (Å²) < 4.78 is 2.02.